The molecule has 7 amide bonds. The normalized spacial score (nSPS) is 20.1. The minimum atomic E-state index is 0.113. The predicted octanol–water partition coefficient (Wildman–Crippen LogP) is 6.65. The van der Waals surface area contributed by atoms with E-state index >= 15 is 0 Å². The number of carbonyl (C=O) groups excluding carboxylic acids is 7. The van der Waals surface area contributed by atoms with Crippen LogP contribution in [0.1, 0.15) is 158 Å². The van der Waals surface area contributed by atoms with Gasteiger partial charge in [0.25, 0.3) is 0 Å². The van der Waals surface area contributed by atoms with E-state index in [1.165, 1.54) is 96.3 Å². The lowest BCUT2D eigenvalue weighted by atomic mass is 10.0. The number of hydrogen-bond donors (Lipinski definition) is 2. The molecular weight excluding hydrogens is 927 g/mol. The van der Waals surface area contributed by atoms with Crippen molar-refractivity contribution in [1.29, 1.82) is 0 Å². The first kappa shape index (κ1) is 64.7. The third-order valence-electron chi connectivity index (χ3n) is 12.8. The first-order chi connectivity index (χ1) is 33.6. The van der Waals surface area contributed by atoms with Crippen LogP contribution in [0.25, 0.3) is 0 Å². The molecule has 7 heterocycles. The molecule has 0 aliphatic carbocycles. The van der Waals surface area contributed by atoms with Crippen molar-refractivity contribution < 1.29 is 33.6 Å². The van der Waals surface area contributed by atoms with Gasteiger partial charge in [-0.3, -0.25) is 38.6 Å². The van der Waals surface area contributed by atoms with Gasteiger partial charge in [0.15, 0.2) is 0 Å². The highest BCUT2D eigenvalue weighted by molar-refractivity contribution is 7.99. The molecule has 7 aliphatic rings. The van der Waals surface area contributed by atoms with Gasteiger partial charge in [-0.2, -0.15) is 11.8 Å². The fourth-order valence-corrected chi connectivity index (χ4v) is 10.2. The van der Waals surface area contributed by atoms with E-state index in [2.05, 4.69) is 16.8 Å². The van der Waals surface area contributed by atoms with Gasteiger partial charge in [-0.1, -0.05) is 82.8 Å². The van der Waals surface area contributed by atoms with Gasteiger partial charge in [-0.05, 0) is 38.5 Å². The number of thioether (sulfide) groups is 2. The van der Waals surface area contributed by atoms with E-state index in [1.807, 2.05) is 59.0 Å². The quantitative estimate of drug-likeness (QED) is 0.250. The Morgan fingerprint density at radius 1 is 0.343 bits per heavy atom. The van der Waals surface area contributed by atoms with Crippen LogP contribution < -0.4 is 10.7 Å². The van der Waals surface area contributed by atoms with Gasteiger partial charge in [0.1, 0.15) is 0 Å². The highest BCUT2D eigenvalue weighted by Gasteiger charge is 2.15. The molecule has 0 aromatic rings. The average Bonchev–Trinajstić information content (AvgIpc) is 4.06. The number of nitrogens with one attached hydrogen (secondary N) is 2. The molecule has 2 N–H and O–H groups in total. The summed E-state index contributed by atoms with van der Waals surface area (Å²) < 4.78 is 0. The van der Waals surface area contributed by atoms with Crippen LogP contribution in [-0.4, -0.2) is 197 Å². The lowest BCUT2D eigenvalue weighted by molar-refractivity contribution is -0.130. The van der Waals surface area contributed by atoms with Crippen LogP contribution in [0.5, 0.6) is 0 Å². The first-order valence-corrected chi connectivity index (χ1v) is 29.0. The van der Waals surface area contributed by atoms with E-state index < -0.39 is 0 Å². The molecule has 6 fully saturated rings. The molecule has 7 aliphatic heterocycles. The van der Waals surface area contributed by atoms with Gasteiger partial charge in [0.05, 0.1) is 5.88 Å². The van der Waals surface area contributed by atoms with Crippen molar-refractivity contribution in [2.24, 2.45) is 0 Å². The van der Waals surface area contributed by atoms with E-state index in [4.69, 9.17) is 0 Å². The fourth-order valence-electron chi connectivity index (χ4n) is 8.26. The van der Waals surface area contributed by atoms with Crippen LogP contribution in [0, 0.1) is 0 Å². The molecule has 0 bridgehead atoms. The molecule has 70 heavy (non-hydrogen) atoms. The Hall–Kier alpha value is -3.35. The standard InChI is InChI=1S/C15H29NO.C8H15NO.C7H11NO.C6H12N2O.C6H11NOS.C5H10N2O.C5H9NOS/c1-15(17)16-13-11-9-7-5-3-2-4-6-8-10-12-14-16;1-8(10)9-6-4-2-3-5-7-9;1-7(9)8-5-3-2-4-6-8;1-6(9)8-4-2-7-3-5-8;1-6(8)7-2-4-9-5-3-7;1-5(8)7-4-2-3-6-7;1-5(7)6-2-3-8-4-6/h2-14H2,1H3;2-7H2,1H3;2-3H,4-6H2,1H3;7H,2-5H2,1H3;2-5H2,1H3;6H,2-4H2,1H3;2-4H2,1H3. The number of carbonyl (C=O) groups is 7. The summed E-state index contributed by atoms with van der Waals surface area (Å²) in [4.78, 5) is 87.0. The Labute approximate surface area is 432 Å². The average molecular weight is 1020 g/mol. The van der Waals surface area contributed by atoms with E-state index in [1.54, 1.807) is 53.5 Å². The van der Waals surface area contributed by atoms with Gasteiger partial charge < -0.3 is 34.7 Å². The minimum Gasteiger partial charge on any atom is -0.343 e. The number of nitrogens with zero attached hydrogens (tertiary/aromatic N) is 7. The second-order valence-corrected chi connectivity index (χ2v) is 21.0. The number of piperazine rings is 1. The lowest BCUT2D eigenvalue weighted by Crippen LogP contribution is -2.45. The van der Waals surface area contributed by atoms with Gasteiger partial charge in [0.2, 0.25) is 41.4 Å². The zero-order valence-corrected chi connectivity index (χ0v) is 46.5. The molecule has 0 atom stereocenters. The molecule has 0 aromatic carbocycles. The number of rotatable bonds is 0. The number of hydrazine groups is 1. The topological polar surface area (TPSA) is 166 Å². The van der Waals surface area contributed by atoms with Crippen molar-refractivity contribution in [2.45, 2.75) is 158 Å². The lowest BCUT2D eigenvalue weighted by Gasteiger charge is -2.25. The van der Waals surface area contributed by atoms with Crippen LogP contribution in [0.15, 0.2) is 12.2 Å². The third kappa shape index (κ3) is 34.1. The minimum absolute atomic E-state index is 0.113. The van der Waals surface area contributed by atoms with E-state index in [0.29, 0.717) is 0 Å². The maximum atomic E-state index is 11.5. The summed E-state index contributed by atoms with van der Waals surface area (Å²) in [5.74, 6) is 5.64. The van der Waals surface area contributed by atoms with Crippen LogP contribution >= 0.6 is 23.5 Å². The summed E-state index contributed by atoms with van der Waals surface area (Å²) in [7, 11) is 0. The van der Waals surface area contributed by atoms with Crippen molar-refractivity contribution in [3.63, 3.8) is 0 Å². The van der Waals surface area contributed by atoms with Gasteiger partial charge in [-0.25, -0.2) is 5.43 Å². The van der Waals surface area contributed by atoms with Crippen LogP contribution in [0.3, 0.4) is 0 Å². The first-order valence-electron chi connectivity index (χ1n) is 26.7. The molecular formula is C52H97N9O7S2. The van der Waals surface area contributed by atoms with E-state index in [9.17, 15) is 33.6 Å². The summed E-state index contributed by atoms with van der Waals surface area (Å²) in [6, 6.07) is 0. The second-order valence-electron chi connectivity index (χ2n) is 18.7. The summed E-state index contributed by atoms with van der Waals surface area (Å²) >= 11 is 3.74. The Balaban J connectivity index is 0.000000416. The summed E-state index contributed by atoms with van der Waals surface area (Å²) in [6.07, 6.45) is 25.9. The molecule has 16 nitrogen and oxygen atoms in total. The van der Waals surface area contributed by atoms with Crippen LogP contribution in [0.4, 0.5) is 0 Å². The zero-order valence-electron chi connectivity index (χ0n) is 44.9. The Bertz CT molecular complexity index is 1410. The monoisotopic (exact) mass is 1020 g/mol. The molecule has 0 saturated carbocycles. The van der Waals surface area contributed by atoms with Gasteiger partial charge in [0, 0.05) is 164 Å². The number of likely N-dealkylation sites (tertiary alicyclic amines) is 1. The molecule has 7 rings (SSSR count). The molecule has 6 saturated heterocycles. The summed E-state index contributed by atoms with van der Waals surface area (Å²) in [5, 5.41) is 4.81. The Morgan fingerprint density at radius 3 is 0.971 bits per heavy atom. The Morgan fingerprint density at radius 2 is 0.714 bits per heavy atom. The van der Waals surface area contributed by atoms with Crippen molar-refractivity contribution in [3.05, 3.63) is 12.2 Å². The maximum absolute atomic E-state index is 11.5. The van der Waals surface area contributed by atoms with Crippen molar-refractivity contribution in [2.75, 3.05) is 121 Å². The molecule has 0 unspecified atom stereocenters. The number of amides is 7. The van der Waals surface area contributed by atoms with Crippen molar-refractivity contribution >= 4 is 64.9 Å². The smallest absolute Gasteiger partial charge is 0.233 e. The fraction of sp³-hybridized carbons (Fsp3) is 0.827. The predicted molar refractivity (Wildman–Crippen MR) is 289 cm³/mol. The van der Waals surface area contributed by atoms with E-state index in [0.717, 1.165) is 134 Å². The van der Waals surface area contributed by atoms with Crippen molar-refractivity contribution in [1.82, 2.24) is 45.2 Å². The largest absolute Gasteiger partial charge is 0.343 e. The van der Waals surface area contributed by atoms with E-state index in [-0.39, 0.29) is 41.4 Å². The summed E-state index contributed by atoms with van der Waals surface area (Å²) in [5.41, 5.74) is 2.94. The molecule has 0 radical (unpaired) electrons. The van der Waals surface area contributed by atoms with Crippen LogP contribution in [-0.2, 0) is 33.6 Å². The second kappa shape index (κ2) is 42.2. The van der Waals surface area contributed by atoms with Gasteiger partial charge in [-0.15, -0.1) is 11.8 Å². The number of hydrogen-bond acceptors (Lipinski definition) is 11. The highest BCUT2D eigenvalue weighted by atomic mass is 32.2. The molecule has 0 aromatic heterocycles. The third-order valence-corrected chi connectivity index (χ3v) is 14.7. The summed E-state index contributed by atoms with van der Waals surface area (Å²) in [6.45, 7) is 25.3. The van der Waals surface area contributed by atoms with Gasteiger partial charge >= 0.3 is 0 Å². The zero-order chi connectivity index (χ0) is 51.8. The Kier molecular flexibility index (Phi) is 39.0. The van der Waals surface area contributed by atoms with Crippen LogP contribution in [0.2, 0.25) is 0 Å². The SMILES string of the molecule is CC(=O)N1CC=CCC1.CC(=O)N1CCCCCC1.CC(=O)N1CCCCCCCCCCCCC1.CC(=O)N1CCCN1.CC(=O)N1CCNCC1.CC(=O)N1CCSC1.CC(=O)N1CCSCC1. The molecule has 18 heteroatoms. The molecule has 0 spiro atoms. The maximum Gasteiger partial charge on any atom is 0.233 e. The highest BCUT2D eigenvalue weighted by Crippen LogP contribution is 2.15. The molecule has 404 valence electrons. The van der Waals surface area contributed by atoms with Crippen molar-refractivity contribution in [3.8, 4) is 0 Å².